The van der Waals surface area contributed by atoms with Gasteiger partial charge in [0.2, 0.25) is 5.91 Å². The largest absolute Gasteiger partial charge is 0.302 e. The highest BCUT2D eigenvalue weighted by Gasteiger charge is 2.14. The molecule has 0 aliphatic rings. The number of benzene rings is 2. The van der Waals surface area contributed by atoms with Gasteiger partial charge in [-0.15, -0.1) is 10.2 Å². The van der Waals surface area contributed by atoms with Gasteiger partial charge in [0.15, 0.2) is 5.16 Å². The number of nitrogens with zero attached hydrogens (tertiary/aromatic N) is 3. The molecule has 3 aromatic rings. The van der Waals surface area contributed by atoms with Gasteiger partial charge in [0, 0.05) is 5.56 Å². The second kappa shape index (κ2) is 9.38. The van der Waals surface area contributed by atoms with Crippen LogP contribution in [0.2, 0.25) is 0 Å². The van der Waals surface area contributed by atoms with Crippen molar-refractivity contribution in [2.24, 2.45) is 0 Å². The topological polar surface area (TPSA) is 88.9 Å². The van der Waals surface area contributed by atoms with Gasteiger partial charge < -0.3 is 4.57 Å². The highest BCUT2D eigenvalue weighted by Crippen LogP contribution is 2.18. The lowest BCUT2D eigenvalue weighted by molar-refractivity contribution is -0.119. The molecule has 0 fully saturated rings. The second-order valence-corrected chi connectivity index (χ2v) is 7.65. The van der Waals surface area contributed by atoms with Crippen LogP contribution in [0, 0.1) is 20.8 Å². The van der Waals surface area contributed by atoms with Gasteiger partial charge in [-0.3, -0.25) is 20.4 Å². The molecule has 0 unspecified atom stereocenters. The summed E-state index contributed by atoms with van der Waals surface area (Å²) in [5.41, 5.74) is 8.50. The molecule has 0 radical (unpaired) electrons. The second-order valence-electron chi connectivity index (χ2n) is 6.71. The van der Waals surface area contributed by atoms with Crippen LogP contribution >= 0.6 is 11.8 Å². The predicted molar refractivity (Wildman–Crippen MR) is 113 cm³/mol. The van der Waals surface area contributed by atoms with E-state index in [9.17, 15) is 9.59 Å². The molecule has 0 bridgehead atoms. The van der Waals surface area contributed by atoms with E-state index in [1.54, 1.807) is 6.07 Å². The third kappa shape index (κ3) is 5.45. The molecule has 0 atom stereocenters. The van der Waals surface area contributed by atoms with Crippen LogP contribution in [0.25, 0.3) is 0 Å². The van der Waals surface area contributed by atoms with Gasteiger partial charge in [0.25, 0.3) is 5.91 Å². The van der Waals surface area contributed by atoms with Gasteiger partial charge in [0.1, 0.15) is 5.82 Å². The molecule has 0 spiro atoms. The Morgan fingerprint density at radius 3 is 2.48 bits per heavy atom. The molecule has 150 valence electrons. The molecule has 8 heteroatoms. The summed E-state index contributed by atoms with van der Waals surface area (Å²) in [6, 6.07) is 15.5. The zero-order valence-corrected chi connectivity index (χ0v) is 17.4. The van der Waals surface area contributed by atoms with Crippen LogP contribution in [0.15, 0.2) is 53.7 Å². The first-order valence-corrected chi connectivity index (χ1v) is 10.2. The molecule has 0 saturated carbocycles. The monoisotopic (exact) mass is 409 g/mol. The summed E-state index contributed by atoms with van der Waals surface area (Å²) in [6.45, 7) is 6.34. The average molecular weight is 410 g/mol. The molecule has 0 aliphatic carbocycles. The SMILES string of the molecule is Cc1ccc(C(=O)NNC(=O)CSc2nnc(C)n2Cc2ccccc2)c(C)c1. The summed E-state index contributed by atoms with van der Waals surface area (Å²) in [6.07, 6.45) is 0. The molecule has 2 amide bonds. The van der Waals surface area contributed by atoms with E-state index in [0.29, 0.717) is 17.3 Å². The molecule has 1 aromatic heterocycles. The molecule has 2 N–H and O–H groups in total. The van der Waals surface area contributed by atoms with Crippen LogP contribution < -0.4 is 10.9 Å². The number of hydrazine groups is 1. The quantitative estimate of drug-likeness (QED) is 0.483. The van der Waals surface area contributed by atoms with E-state index in [4.69, 9.17) is 0 Å². The fourth-order valence-electron chi connectivity index (χ4n) is 2.84. The lowest BCUT2D eigenvalue weighted by Gasteiger charge is -2.10. The van der Waals surface area contributed by atoms with Gasteiger partial charge in [-0.25, -0.2) is 0 Å². The molecule has 7 nitrogen and oxygen atoms in total. The van der Waals surface area contributed by atoms with Crippen molar-refractivity contribution in [1.82, 2.24) is 25.6 Å². The summed E-state index contributed by atoms with van der Waals surface area (Å²) < 4.78 is 1.96. The molecule has 1 heterocycles. The Morgan fingerprint density at radius 2 is 1.76 bits per heavy atom. The van der Waals surface area contributed by atoms with Crippen LogP contribution in [-0.4, -0.2) is 32.3 Å². The van der Waals surface area contributed by atoms with Crippen LogP contribution in [0.3, 0.4) is 0 Å². The number of carbonyl (C=O) groups is 2. The Labute approximate surface area is 173 Å². The summed E-state index contributed by atoms with van der Waals surface area (Å²) in [5.74, 6) is 0.226. The molecular weight excluding hydrogens is 386 g/mol. The van der Waals surface area contributed by atoms with Crippen molar-refractivity contribution < 1.29 is 9.59 Å². The third-order valence-corrected chi connectivity index (χ3v) is 5.33. The maximum absolute atomic E-state index is 12.3. The van der Waals surface area contributed by atoms with Gasteiger partial charge in [-0.1, -0.05) is 59.8 Å². The molecule has 2 aromatic carbocycles. The van der Waals surface area contributed by atoms with E-state index in [0.717, 1.165) is 22.5 Å². The zero-order chi connectivity index (χ0) is 20.8. The predicted octanol–water partition coefficient (Wildman–Crippen LogP) is 2.80. The number of rotatable bonds is 6. The standard InChI is InChI=1S/C21H23N5O2S/c1-14-9-10-18(15(2)11-14)20(28)24-23-19(27)13-29-21-25-22-16(3)26(21)12-17-7-5-4-6-8-17/h4-11H,12-13H2,1-3H3,(H,23,27)(H,24,28). The maximum atomic E-state index is 12.3. The Morgan fingerprint density at radius 1 is 1.00 bits per heavy atom. The number of aryl methyl sites for hydroxylation is 3. The highest BCUT2D eigenvalue weighted by molar-refractivity contribution is 7.99. The van der Waals surface area contributed by atoms with E-state index in [-0.39, 0.29) is 17.6 Å². The van der Waals surface area contributed by atoms with Crippen molar-refractivity contribution in [3.63, 3.8) is 0 Å². The van der Waals surface area contributed by atoms with E-state index in [1.165, 1.54) is 11.8 Å². The minimum atomic E-state index is -0.344. The van der Waals surface area contributed by atoms with Gasteiger partial charge in [-0.05, 0) is 38.0 Å². The number of amides is 2. The van der Waals surface area contributed by atoms with Crippen molar-refractivity contribution in [2.45, 2.75) is 32.5 Å². The van der Waals surface area contributed by atoms with E-state index in [1.807, 2.05) is 67.8 Å². The fraction of sp³-hybridized carbons (Fsp3) is 0.238. The Balaban J connectivity index is 1.54. The smallest absolute Gasteiger partial charge is 0.269 e. The van der Waals surface area contributed by atoms with Gasteiger partial charge in [0.05, 0.1) is 12.3 Å². The number of hydrogen-bond acceptors (Lipinski definition) is 5. The summed E-state index contributed by atoms with van der Waals surface area (Å²) in [7, 11) is 0. The number of carbonyl (C=O) groups excluding carboxylic acids is 2. The van der Waals surface area contributed by atoms with E-state index < -0.39 is 0 Å². The Kier molecular flexibility index (Phi) is 6.66. The fourth-order valence-corrected chi connectivity index (χ4v) is 3.63. The van der Waals surface area contributed by atoms with Crippen LogP contribution in [-0.2, 0) is 11.3 Å². The van der Waals surface area contributed by atoms with Crippen molar-refractivity contribution in [3.8, 4) is 0 Å². The first-order valence-electron chi connectivity index (χ1n) is 9.17. The van der Waals surface area contributed by atoms with Crippen LogP contribution in [0.1, 0.15) is 32.9 Å². The van der Waals surface area contributed by atoms with Crippen molar-refractivity contribution >= 4 is 23.6 Å². The number of thioether (sulfide) groups is 1. The normalized spacial score (nSPS) is 10.6. The van der Waals surface area contributed by atoms with Crippen molar-refractivity contribution in [3.05, 3.63) is 76.6 Å². The Hall–Kier alpha value is -3.13. The maximum Gasteiger partial charge on any atom is 0.269 e. The molecule has 0 saturated heterocycles. The minimum Gasteiger partial charge on any atom is -0.302 e. The van der Waals surface area contributed by atoms with Gasteiger partial charge in [-0.2, -0.15) is 0 Å². The van der Waals surface area contributed by atoms with E-state index >= 15 is 0 Å². The summed E-state index contributed by atoms with van der Waals surface area (Å²) in [5, 5.41) is 8.92. The minimum absolute atomic E-state index is 0.111. The van der Waals surface area contributed by atoms with E-state index in [2.05, 4.69) is 21.0 Å². The molecular formula is C21H23N5O2S. The van der Waals surface area contributed by atoms with Crippen LogP contribution in [0.4, 0.5) is 0 Å². The van der Waals surface area contributed by atoms with Crippen molar-refractivity contribution in [2.75, 3.05) is 5.75 Å². The number of aromatic nitrogens is 3. The van der Waals surface area contributed by atoms with Crippen molar-refractivity contribution in [1.29, 1.82) is 0 Å². The van der Waals surface area contributed by atoms with Crippen LogP contribution in [0.5, 0.6) is 0 Å². The first kappa shape index (κ1) is 20.6. The lowest BCUT2D eigenvalue weighted by atomic mass is 10.1. The number of hydrogen-bond donors (Lipinski definition) is 2. The Bertz CT molecular complexity index is 1020. The molecule has 3 rings (SSSR count). The summed E-state index contributed by atoms with van der Waals surface area (Å²) in [4.78, 5) is 24.4. The first-order chi connectivity index (χ1) is 13.9. The highest BCUT2D eigenvalue weighted by atomic mass is 32.2. The summed E-state index contributed by atoms with van der Waals surface area (Å²) >= 11 is 1.27. The molecule has 0 aliphatic heterocycles. The third-order valence-electron chi connectivity index (χ3n) is 4.36. The zero-order valence-electron chi connectivity index (χ0n) is 16.6. The van der Waals surface area contributed by atoms with Gasteiger partial charge >= 0.3 is 0 Å². The molecule has 29 heavy (non-hydrogen) atoms. The average Bonchev–Trinajstić information content (AvgIpc) is 3.05. The number of nitrogens with one attached hydrogen (secondary N) is 2. The lowest BCUT2D eigenvalue weighted by Crippen LogP contribution is -2.42.